The minimum Gasteiger partial charge on any atom is -0.367 e. The summed E-state index contributed by atoms with van der Waals surface area (Å²) >= 11 is 8.46. The molecule has 3 rings (SSSR count). The zero-order valence-electron chi connectivity index (χ0n) is 15.4. The lowest BCUT2D eigenvalue weighted by Crippen LogP contribution is -2.44. The van der Waals surface area contributed by atoms with E-state index in [0.29, 0.717) is 5.02 Å². The van der Waals surface area contributed by atoms with Crippen molar-refractivity contribution in [3.05, 3.63) is 20.7 Å². The lowest BCUT2D eigenvalue weighted by Gasteiger charge is -2.32. The lowest BCUT2D eigenvalue weighted by molar-refractivity contribution is 0.154. The molecule has 1 aromatic carbocycles. The number of nitrogens with one attached hydrogen (secondary N) is 2. The molecule has 8 heteroatoms. The molecule has 1 aliphatic rings. The van der Waals surface area contributed by atoms with Crippen LogP contribution in [0.2, 0.25) is 5.02 Å². The van der Waals surface area contributed by atoms with Crippen LogP contribution in [0.5, 0.6) is 0 Å². The van der Waals surface area contributed by atoms with E-state index >= 15 is 0 Å². The standard InChI is InChI=1S/C18H26ClIN6/c1-3-21-17-18(22-5-4-6-26-9-7-25(2)8-10-26)23-15-11-13(19)14(20)12-16(15)24-17/h11-12H,3-10H2,1-2H3,(H,21,24)(H,22,23). The molecular formula is C18H26ClIN6. The summed E-state index contributed by atoms with van der Waals surface area (Å²) < 4.78 is 0.987. The molecule has 2 aromatic rings. The van der Waals surface area contributed by atoms with E-state index in [1.807, 2.05) is 12.1 Å². The summed E-state index contributed by atoms with van der Waals surface area (Å²) in [6.07, 6.45) is 1.09. The summed E-state index contributed by atoms with van der Waals surface area (Å²) in [5, 5.41) is 7.48. The third-order valence-corrected chi connectivity index (χ3v) is 6.11. The lowest BCUT2D eigenvalue weighted by atomic mass is 10.3. The van der Waals surface area contributed by atoms with E-state index in [1.54, 1.807) is 0 Å². The van der Waals surface area contributed by atoms with Crippen molar-refractivity contribution in [3.63, 3.8) is 0 Å². The van der Waals surface area contributed by atoms with Gasteiger partial charge in [0.2, 0.25) is 0 Å². The smallest absolute Gasteiger partial charge is 0.169 e. The third-order valence-electron chi connectivity index (χ3n) is 4.59. The first-order chi connectivity index (χ1) is 12.6. The molecule has 1 saturated heterocycles. The van der Waals surface area contributed by atoms with Gasteiger partial charge in [-0.15, -0.1) is 0 Å². The fourth-order valence-electron chi connectivity index (χ4n) is 3.05. The molecule has 142 valence electrons. The molecule has 26 heavy (non-hydrogen) atoms. The second-order valence-corrected chi connectivity index (χ2v) is 8.20. The maximum absolute atomic E-state index is 6.24. The normalized spacial score (nSPS) is 16.2. The van der Waals surface area contributed by atoms with Gasteiger partial charge < -0.3 is 20.4 Å². The first-order valence-electron chi connectivity index (χ1n) is 9.12. The van der Waals surface area contributed by atoms with Crippen LogP contribution in [0.25, 0.3) is 11.0 Å². The highest BCUT2D eigenvalue weighted by Gasteiger charge is 2.14. The summed E-state index contributed by atoms with van der Waals surface area (Å²) in [6, 6.07) is 3.86. The van der Waals surface area contributed by atoms with Crippen LogP contribution in [0.4, 0.5) is 11.6 Å². The van der Waals surface area contributed by atoms with E-state index in [9.17, 15) is 0 Å². The van der Waals surface area contributed by atoms with Crippen molar-refractivity contribution in [2.75, 3.05) is 63.5 Å². The first-order valence-corrected chi connectivity index (χ1v) is 10.6. The Morgan fingerprint density at radius 2 is 1.73 bits per heavy atom. The highest BCUT2D eigenvalue weighted by Crippen LogP contribution is 2.27. The number of piperazine rings is 1. The van der Waals surface area contributed by atoms with Crippen molar-refractivity contribution in [2.45, 2.75) is 13.3 Å². The van der Waals surface area contributed by atoms with Gasteiger partial charge in [-0.2, -0.15) is 0 Å². The molecule has 6 nitrogen and oxygen atoms in total. The van der Waals surface area contributed by atoms with Gasteiger partial charge in [0.15, 0.2) is 11.6 Å². The van der Waals surface area contributed by atoms with Crippen molar-refractivity contribution >= 4 is 56.9 Å². The van der Waals surface area contributed by atoms with Gasteiger partial charge in [-0.3, -0.25) is 0 Å². The van der Waals surface area contributed by atoms with E-state index < -0.39 is 0 Å². The summed E-state index contributed by atoms with van der Waals surface area (Å²) in [6.45, 7) is 9.50. The zero-order chi connectivity index (χ0) is 18.5. The van der Waals surface area contributed by atoms with Crippen molar-refractivity contribution in [2.24, 2.45) is 0 Å². The molecular weight excluding hydrogens is 463 g/mol. The number of likely N-dealkylation sites (N-methyl/N-ethyl adjacent to an activating group) is 1. The second kappa shape index (κ2) is 9.34. The predicted molar refractivity (Wildman–Crippen MR) is 118 cm³/mol. The largest absolute Gasteiger partial charge is 0.367 e. The topological polar surface area (TPSA) is 56.3 Å². The molecule has 0 amide bonds. The van der Waals surface area contributed by atoms with Crippen LogP contribution in [-0.2, 0) is 0 Å². The number of hydrogen-bond acceptors (Lipinski definition) is 6. The summed E-state index contributed by atoms with van der Waals surface area (Å²) in [5.74, 6) is 1.60. The van der Waals surface area contributed by atoms with Crippen LogP contribution >= 0.6 is 34.2 Å². The zero-order valence-corrected chi connectivity index (χ0v) is 18.3. The number of halogens is 2. The molecule has 0 unspecified atom stereocenters. The van der Waals surface area contributed by atoms with Crippen molar-refractivity contribution in [3.8, 4) is 0 Å². The van der Waals surface area contributed by atoms with E-state index in [0.717, 1.165) is 78.5 Å². The number of nitrogens with zero attached hydrogens (tertiary/aromatic N) is 4. The number of rotatable bonds is 7. The average molecular weight is 489 g/mol. The van der Waals surface area contributed by atoms with Crippen LogP contribution in [0, 0.1) is 3.57 Å². The molecule has 0 radical (unpaired) electrons. The number of fused-ring (bicyclic) bond motifs is 1. The third kappa shape index (κ3) is 5.09. The fourth-order valence-corrected chi connectivity index (χ4v) is 3.66. The van der Waals surface area contributed by atoms with Gasteiger partial charge in [-0.25, -0.2) is 9.97 Å². The molecule has 2 heterocycles. The van der Waals surface area contributed by atoms with E-state index in [2.05, 4.69) is 57.0 Å². The Morgan fingerprint density at radius 1 is 1.08 bits per heavy atom. The molecule has 0 bridgehead atoms. The van der Waals surface area contributed by atoms with Crippen LogP contribution in [-0.4, -0.2) is 72.6 Å². The number of aromatic nitrogens is 2. The highest BCUT2D eigenvalue weighted by atomic mass is 127. The average Bonchev–Trinajstić information content (AvgIpc) is 2.62. The van der Waals surface area contributed by atoms with Crippen LogP contribution < -0.4 is 10.6 Å². The Morgan fingerprint density at radius 3 is 2.42 bits per heavy atom. The van der Waals surface area contributed by atoms with Gasteiger partial charge in [0, 0.05) is 42.8 Å². The molecule has 0 atom stereocenters. The van der Waals surface area contributed by atoms with E-state index in [1.165, 1.54) is 0 Å². The van der Waals surface area contributed by atoms with Crippen molar-refractivity contribution < 1.29 is 0 Å². The van der Waals surface area contributed by atoms with Crippen LogP contribution in [0.1, 0.15) is 13.3 Å². The Bertz CT molecular complexity index is 748. The second-order valence-electron chi connectivity index (χ2n) is 6.63. The van der Waals surface area contributed by atoms with Gasteiger partial charge in [-0.05, 0) is 61.7 Å². The summed E-state index contributed by atoms with van der Waals surface area (Å²) in [4.78, 5) is 14.4. The molecule has 0 aliphatic carbocycles. The highest BCUT2D eigenvalue weighted by molar-refractivity contribution is 14.1. The van der Waals surface area contributed by atoms with Gasteiger partial charge in [0.1, 0.15) is 0 Å². The summed E-state index contributed by atoms with van der Waals surface area (Å²) in [7, 11) is 2.19. The molecule has 0 saturated carbocycles. The maximum Gasteiger partial charge on any atom is 0.169 e. The fraction of sp³-hybridized carbons (Fsp3) is 0.556. The van der Waals surface area contributed by atoms with E-state index in [4.69, 9.17) is 21.6 Å². The minimum atomic E-state index is 0.713. The SMILES string of the molecule is CCNc1nc2cc(I)c(Cl)cc2nc1NCCCN1CCN(C)CC1. The monoisotopic (exact) mass is 488 g/mol. The number of benzene rings is 1. The number of anilines is 2. The molecule has 0 spiro atoms. The van der Waals surface area contributed by atoms with Gasteiger partial charge in [-0.1, -0.05) is 11.6 Å². The Hall–Kier alpha value is -0.900. The summed E-state index contributed by atoms with van der Waals surface area (Å²) in [5.41, 5.74) is 1.68. The first kappa shape index (κ1) is 19.9. The van der Waals surface area contributed by atoms with Crippen molar-refractivity contribution in [1.29, 1.82) is 0 Å². The number of hydrogen-bond donors (Lipinski definition) is 2. The van der Waals surface area contributed by atoms with Gasteiger partial charge >= 0.3 is 0 Å². The van der Waals surface area contributed by atoms with Crippen molar-refractivity contribution in [1.82, 2.24) is 19.8 Å². The Balaban J connectivity index is 1.64. The predicted octanol–water partition coefficient (Wildman–Crippen LogP) is 3.37. The minimum absolute atomic E-state index is 0.713. The molecule has 1 fully saturated rings. The quantitative estimate of drug-likeness (QED) is 0.460. The molecule has 1 aromatic heterocycles. The molecule has 1 aliphatic heterocycles. The maximum atomic E-state index is 6.24. The van der Waals surface area contributed by atoms with Crippen LogP contribution in [0.3, 0.4) is 0 Å². The van der Waals surface area contributed by atoms with Gasteiger partial charge in [0.05, 0.1) is 16.1 Å². The van der Waals surface area contributed by atoms with E-state index in [-0.39, 0.29) is 0 Å². The van der Waals surface area contributed by atoms with Gasteiger partial charge in [0.25, 0.3) is 0 Å². The Labute approximate surface area is 173 Å². The van der Waals surface area contributed by atoms with Crippen LogP contribution in [0.15, 0.2) is 12.1 Å². The Kier molecular flexibility index (Phi) is 7.13. The molecule has 2 N–H and O–H groups in total.